The number of allylic oxidation sites excluding steroid dienone is 1. The lowest BCUT2D eigenvalue weighted by molar-refractivity contribution is 0.797. The van der Waals surface area contributed by atoms with E-state index in [4.69, 9.17) is 5.73 Å². The quantitative estimate of drug-likeness (QED) is 0.844. The van der Waals surface area contributed by atoms with Crippen LogP contribution in [-0.2, 0) is 0 Å². The first-order valence-corrected chi connectivity index (χ1v) is 7.80. The fraction of sp³-hybridized carbons (Fsp3) is 0.375. The molecule has 1 aliphatic rings. The molecule has 1 aromatic carbocycles. The molecule has 0 heterocycles. The fourth-order valence-corrected chi connectivity index (χ4v) is 2.73. The highest BCUT2D eigenvalue weighted by Gasteiger charge is 1.98. The number of thioether (sulfide) groups is 1. The van der Waals surface area contributed by atoms with Crippen LogP contribution < -0.4 is 16.2 Å². The Balaban J connectivity index is 2.47. The maximum Gasteiger partial charge on any atom is 0.00755 e. The van der Waals surface area contributed by atoms with E-state index in [0.29, 0.717) is 0 Å². The lowest BCUT2D eigenvalue weighted by Crippen LogP contribution is -2.23. The van der Waals surface area contributed by atoms with Gasteiger partial charge in [0.05, 0.1) is 0 Å². The molecule has 0 saturated heterocycles. The van der Waals surface area contributed by atoms with E-state index in [1.165, 1.54) is 33.7 Å². The minimum atomic E-state index is 0.751. The van der Waals surface area contributed by atoms with Crippen LogP contribution in [0.15, 0.2) is 34.7 Å². The van der Waals surface area contributed by atoms with E-state index in [1.54, 1.807) is 11.8 Å². The first-order valence-electron chi connectivity index (χ1n) is 6.57. The second-order valence-corrected chi connectivity index (χ2v) is 5.50. The molecule has 1 aliphatic carbocycles. The number of nitrogens with two attached hydrogens (primary N) is 1. The van der Waals surface area contributed by atoms with Gasteiger partial charge < -0.3 is 5.73 Å². The van der Waals surface area contributed by atoms with Crippen LogP contribution >= 0.6 is 11.8 Å². The van der Waals surface area contributed by atoms with Crippen molar-refractivity contribution in [3.63, 3.8) is 0 Å². The van der Waals surface area contributed by atoms with Gasteiger partial charge in [0.15, 0.2) is 0 Å². The normalized spacial score (nSPS) is 22.0. The molecule has 0 spiro atoms. The smallest absolute Gasteiger partial charge is 0.00755 e. The molecule has 0 radical (unpaired) electrons. The molecule has 2 heteroatoms. The Morgan fingerprint density at radius 1 is 1.22 bits per heavy atom. The molecule has 1 aromatic rings. The molecule has 0 aliphatic heterocycles. The highest BCUT2D eigenvalue weighted by Crippen LogP contribution is 2.13. The van der Waals surface area contributed by atoms with Crippen molar-refractivity contribution >= 4 is 23.9 Å². The molecule has 0 saturated carbocycles. The number of hydrogen-bond acceptors (Lipinski definition) is 2. The van der Waals surface area contributed by atoms with E-state index in [0.717, 1.165) is 19.4 Å². The highest BCUT2D eigenvalue weighted by molar-refractivity contribution is 7.98. The standard InChI is InChI=1S/C16H21NS/c1-18-16-9-8-14-5-3-2-4-13(10-11-17)6-7-15(14)12-16/h5-9,12H,2-4,10-11,17H2,1H3/b13-6+,14-5-,15-7-. The van der Waals surface area contributed by atoms with Crippen LogP contribution in [0.2, 0.25) is 0 Å². The fourth-order valence-electron chi connectivity index (χ4n) is 2.28. The highest BCUT2D eigenvalue weighted by atomic mass is 32.2. The monoisotopic (exact) mass is 259 g/mol. The predicted molar refractivity (Wildman–Crippen MR) is 82.0 cm³/mol. The summed E-state index contributed by atoms with van der Waals surface area (Å²) in [5, 5.41) is 2.69. The molecule has 0 aromatic heterocycles. The van der Waals surface area contributed by atoms with Gasteiger partial charge in [0.25, 0.3) is 0 Å². The third kappa shape index (κ3) is 3.50. The lowest BCUT2D eigenvalue weighted by atomic mass is 10.1. The van der Waals surface area contributed by atoms with Gasteiger partial charge in [0.1, 0.15) is 0 Å². The van der Waals surface area contributed by atoms with Crippen molar-refractivity contribution in [2.24, 2.45) is 5.73 Å². The van der Waals surface area contributed by atoms with Gasteiger partial charge in [-0.15, -0.1) is 11.8 Å². The van der Waals surface area contributed by atoms with Crippen molar-refractivity contribution in [2.75, 3.05) is 12.8 Å². The van der Waals surface area contributed by atoms with E-state index in [-0.39, 0.29) is 0 Å². The van der Waals surface area contributed by atoms with Gasteiger partial charge in [-0.1, -0.05) is 29.9 Å². The Labute approximate surface area is 113 Å². The molecule has 2 N–H and O–H groups in total. The van der Waals surface area contributed by atoms with Gasteiger partial charge >= 0.3 is 0 Å². The van der Waals surface area contributed by atoms with E-state index in [9.17, 15) is 0 Å². The minimum absolute atomic E-state index is 0.751. The van der Waals surface area contributed by atoms with Crippen molar-refractivity contribution in [1.82, 2.24) is 0 Å². The maximum absolute atomic E-state index is 5.66. The lowest BCUT2D eigenvalue weighted by Gasteiger charge is -2.02. The summed E-state index contributed by atoms with van der Waals surface area (Å²) in [4.78, 5) is 1.33. The Morgan fingerprint density at radius 3 is 2.89 bits per heavy atom. The number of benzene rings is 1. The van der Waals surface area contributed by atoms with Gasteiger partial charge in [0.2, 0.25) is 0 Å². The predicted octanol–water partition coefficient (Wildman–Crippen LogP) is 2.43. The number of fused-ring (bicyclic) bond motifs is 1. The van der Waals surface area contributed by atoms with Crippen molar-refractivity contribution in [3.8, 4) is 0 Å². The molecule has 0 atom stereocenters. The minimum Gasteiger partial charge on any atom is -0.330 e. The summed E-state index contributed by atoms with van der Waals surface area (Å²) < 4.78 is 0. The van der Waals surface area contributed by atoms with Gasteiger partial charge in [-0.25, -0.2) is 0 Å². The van der Waals surface area contributed by atoms with Crippen molar-refractivity contribution in [3.05, 3.63) is 40.3 Å². The Bertz CT molecular complexity index is 543. The zero-order valence-electron chi connectivity index (χ0n) is 11.0. The molecule has 1 nitrogen and oxygen atoms in total. The first kappa shape index (κ1) is 13.4. The summed E-state index contributed by atoms with van der Waals surface area (Å²) in [5.74, 6) is 0. The van der Waals surface area contributed by atoms with Gasteiger partial charge in [-0.05, 0) is 61.1 Å². The van der Waals surface area contributed by atoms with Crippen LogP contribution in [0.25, 0.3) is 12.2 Å². The molecule has 0 unspecified atom stereocenters. The van der Waals surface area contributed by atoms with Crippen molar-refractivity contribution < 1.29 is 0 Å². The van der Waals surface area contributed by atoms with E-state index >= 15 is 0 Å². The Kier molecular flexibility index (Phi) is 5.09. The molecule has 18 heavy (non-hydrogen) atoms. The zero-order valence-corrected chi connectivity index (χ0v) is 11.8. The summed E-state index contributed by atoms with van der Waals surface area (Å²) >= 11 is 1.80. The topological polar surface area (TPSA) is 26.0 Å². The van der Waals surface area contributed by atoms with Crippen molar-refractivity contribution in [2.45, 2.75) is 30.6 Å². The second-order valence-electron chi connectivity index (χ2n) is 4.62. The average molecular weight is 259 g/mol. The molecule has 0 amide bonds. The molecular weight excluding hydrogens is 238 g/mol. The SMILES string of the molecule is CSc1ccc2/c(c1)=C\C=C(\CCN)CCC\C=2. The van der Waals surface area contributed by atoms with E-state index in [1.807, 2.05) is 0 Å². The summed E-state index contributed by atoms with van der Waals surface area (Å²) in [6, 6.07) is 6.72. The van der Waals surface area contributed by atoms with Crippen LogP contribution in [0.1, 0.15) is 25.7 Å². The summed E-state index contributed by atoms with van der Waals surface area (Å²) in [6.07, 6.45) is 13.6. The van der Waals surface area contributed by atoms with Gasteiger partial charge in [-0.2, -0.15) is 0 Å². The molecule has 0 bridgehead atoms. The maximum atomic E-state index is 5.66. The largest absolute Gasteiger partial charge is 0.330 e. The third-order valence-corrected chi connectivity index (χ3v) is 4.05. The third-order valence-electron chi connectivity index (χ3n) is 3.32. The second kappa shape index (κ2) is 6.81. The van der Waals surface area contributed by atoms with Crippen LogP contribution in [-0.4, -0.2) is 12.8 Å². The summed E-state index contributed by atoms with van der Waals surface area (Å²) in [5.41, 5.74) is 7.14. The van der Waals surface area contributed by atoms with E-state index in [2.05, 4.69) is 42.7 Å². The Morgan fingerprint density at radius 2 is 2.11 bits per heavy atom. The first-order chi connectivity index (χ1) is 8.83. The Hall–Kier alpha value is -0.990. The molecule has 2 rings (SSSR count). The number of hydrogen-bond donors (Lipinski definition) is 1. The van der Waals surface area contributed by atoms with Gasteiger partial charge in [0, 0.05) is 4.90 Å². The average Bonchev–Trinajstić information content (AvgIpc) is 2.49. The van der Waals surface area contributed by atoms with Crippen LogP contribution in [0.3, 0.4) is 0 Å². The van der Waals surface area contributed by atoms with Crippen LogP contribution in [0.4, 0.5) is 0 Å². The molecule has 0 fully saturated rings. The van der Waals surface area contributed by atoms with Crippen LogP contribution in [0.5, 0.6) is 0 Å². The number of rotatable bonds is 3. The summed E-state index contributed by atoms with van der Waals surface area (Å²) in [6.45, 7) is 0.751. The molecular formula is C16H21NS. The van der Waals surface area contributed by atoms with Crippen LogP contribution in [0, 0.1) is 0 Å². The zero-order chi connectivity index (χ0) is 12.8. The summed E-state index contributed by atoms with van der Waals surface area (Å²) in [7, 11) is 0. The van der Waals surface area contributed by atoms with E-state index < -0.39 is 0 Å². The van der Waals surface area contributed by atoms with Crippen molar-refractivity contribution in [1.29, 1.82) is 0 Å². The molecule has 96 valence electrons. The van der Waals surface area contributed by atoms with Gasteiger partial charge in [-0.3, -0.25) is 0 Å².